The standard InChI is InChI=1S/C17H20/c1-13(2)12-16-10-7-11-17(14(16)3)15-8-5-4-6-9-15/h4-11,13H,12H2,1-3H3. The average Bonchev–Trinajstić information content (AvgIpc) is 2.32. The Morgan fingerprint density at radius 3 is 2.24 bits per heavy atom. The molecule has 0 aliphatic carbocycles. The first-order valence-electron chi connectivity index (χ1n) is 6.32. The number of hydrogen-bond acceptors (Lipinski definition) is 0. The lowest BCUT2D eigenvalue weighted by Gasteiger charge is -2.13. The molecule has 0 atom stereocenters. The van der Waals surface area contributed by atoms with E-state index in [2.05, 4.69) is 69.3 Å². The predicted octanol–water partition coefficient (Wildman–Crippen LogP) is 4.86. The van der Waals surface area contributed by atoms with Gasteiger partial charge in [0, 0.05) is 0 Å². The highest BCUT2D eigenvalue weighted by atomic mass is 14.1. The van der Waals surface area contributed by atoms with Gasteiger partial charge in [-0.3, -0.25) is 0 Å². The van der Waals surface area contributed by atoms with Gasteiger partial charge in [-0.2, -0.15) is 0 Å². The van der Waals surface area contributed by atoms with Crippen molar-refractivity contribution in [1.29, 1.82) is 0 Å². The maximum atomic E-state index is 2.27. The van der Waals surface area contributed by atoms with Crippen molar-refractivity contribution in [2.24, 2.45) is 5.92 Å². The molecule has 0 radical (unpaired) electrons. The predicted molar refractivity (Wildman–Crippen MR) is 75.2 cm³/mol. The van der Waals surface area contributed by atoms with Crippen LogP contribution in [0.25, 0.3) is 11.1 Å². The van der Waals surface area contributed by atoms with Gasteiger partial charge in [0.15, 0.2) is 0 Å². The molecule has 0 nitrogen and oxygen atoms in total. The Labute approximate surface area is 104 Å². The molecule has 0 bridgehead atoms. The van der Waals surface area contributed by atoms with Gasteiger partial charge in [-0.15, -0.1) is 0 Å². The minimum Gasteiger partial charge on any atom is -0.0625 e. The van der Waals surface area contributed by atoms with Crippen LogP contribution in [0.3, 0.4) is 0 Å². The highest BCUT2D eigenvalue weighted by Gasteiger charge is 2.06. The van der Waals surface area contributed by atoms with Crippen LogP contribution in [0, 0.1) is 12.8 Å². The molecule has 17 heavy (non-hydrogen) atoms. The summed E-state index contributed by atoms with van der Waals surface area (Å²) in [5.41, 5.74) is 5.58. The molecule has 88 valence electrons. The lowest BCUT2D eigenvalue weighted by Crippen LogP contribution is -1.98. The van der Waals surface area contributed by atoms with Crippen molar-refractivity contribution in [2.75, 3.05) is 0 Å². The Bertz CT molecular complexity index is 481. The summed E-state index contributed by atoms with van der Waals surface area (Å²) in [4.78, 5) is 0. The lowest BCUT2D eigenvalue weighted by molar-refractivity contribution is 0.645. The fourth-order valence-corrected chi connectivity index (χ4v) is 2.27. The van der Waals surface area contributed by atoms with Gasteiger partial charge in [-0.1, -0.05) is 62.4 Å². The van der Waals surface area contributed by atoms with Gasteiger partial charge >= 0.3 is 0 Å². The summed E-state index contributed by atoms with van der Waals surface area (Å²) >= 11 is 0. The first kappa shape index (κ1) is 11.9. The van der Waals surface area contributed by atoms with Gasteiger partial charge < -0.3 is 0 Å². The van der Waals surface area contributed by atoms with Gasteiger partial charge in [-0.05, 0) is 41.5 Å². The van der Waals surface area contributed by atoms with E-state index in [0.717, 1.165) is 6.42 Å². The molecule has 0 spiro atoms. The van der Waals surface area contributed by atoms with E-state index in [1.54, 1.807) is 0 Å². The van der Waals surface area contributed by atoms with Crippen LogP contribution >= 0.6 is 0 Å². The largest absolute Gasteiger partial charge is 0.0625 e. The first-order chi connectivity index (χ1) is 8.18. The van der Waals surface area contributed by atoms with E-state index in [1.165, 1.54) is 22.3 Å². The summed E-state index contributed by atoms with van der Waals surface area (Å²) in [6, 6.07) is 17.3. The summed E-state index contributed by atoms with van der Waals surface area (Å²) in [7, 11) is 0. The Kier molecular flexibility index (Phi) is 3.63. The molecule has 2 aromatic carbocycles. The van der Waals surface area contributed by atoms with Crippen molar-refractivity contribution < 1.29 is 0 Å². The fraction of sp³-hybridized carbons (Fsp3) is 0.294. The first-order valence-corrected chi connectivity index (χ1v) is 6.32. The highest BCUT2D eigenvalue weighted by Crippen LogP contribution is 2.26. The summed E-state index contributed by atoms with van der Waals surface area (Å²) in [5.74, 6) is 0.708. The molecule has 0 saturated heterocycles. The SMILES string of the molecule is Cc1c(CC(C)C)cccc1-c1ccccc1. The quantitative estimate of drug-likeness (QED) is 0.698. The van der Waals surface area contributed by atoms with Crippen LogP contribution in [0.2, 0.25) is 0 Å². The Morgan fingerprint density at radius 2 is 1.59 bits per heavy atom. The summed E-state index contributed by atoms with van der Waals surface area (Å²) < 4.78 is 0. The molecule has 0 aliphatic heterocycles. The van der Waals surface area contributed by atoms with Crippen LogP contribution in [-0.2, 0) is 6.42 Å². The van der Waals surface area contributed by atoms with E-state index in [9.17, 15) is 0 Å². The third kappa shape index (κ3) is 2.76. The highest BCUT2D eigenvalue weighted by molar-refractivity contribution is 5.68. The molecule has 0 aliphatic rings. The third-order valence-corrected chi connectivity index (χ3v) is 3.16. The van der Waals surface area contributed by atoms with Crippen molar-refractivity contribution in [1.82, 2.24) is 0 Å². The molecule has 0 N–H and O–H groups in total. The summed E-state index contributed by atoms with van der Waals surface area (Å²) in [6.45, 7) is 6.78. The van der Waals surface area contributed by atoms with Crippen molar-refractivity contribution in [3.05, 3.63) is 59.7 Å². The zero-order valence-electron chi connectivity index (χ0n) is 10.9. The van der Waals surface area contributed by atoms with Crippen LogP contribution < -0.4 is 0 Å². The Balaban J connectivity index is 2.43. The minimum atomic E-state index is 0.708. The smallest absolute Gasteiger partial charge is 0.0152 e. The number of benzene rings is 2. The van der Waals surface area contributed by atoms with Crippen LogP contribution in [0.4, 0.5) is 0 Å². The maximum absolute atomic E-state index is 2.27. The zero-order valence-corrected chi connectivity index (χ0v) is 10.9. The fourth-order valence-electron chi connectivity index (χ4n) is 2.27. The molecule has 2 rings (SSSR count). The van der Waals surface area contributed by atoms with E-state index >= 15 is 0 Å². The van der Waals surface area contributed by atoms with Crippen molar-refractivity contribution in [3.63, 3.8) is 0 Å². The van der Waals surface area contributed by atoms with Crippen LogP contribution in [0.15, 0.2) is 48.5 Å². The van der Waals surface area contributed by atoms with Crippen molar-refractivity contribution in [3.8, 4) is 11.1 Å². The molecule has 0 aromatic heterocycles. The topological polar surface area (TPSA) is 0 Å². The van der Waals surface area contributed by atoms with Crippen molar-refractivity contribution in [2.45, 2.75) is 27.2 Å². The van der Waals surface area contributed by atoms with Gasteiger partial charge in [0.05, 0.1) is 0 Å². The third-order valence-electron chi connectivity index (χ3n) is 3.16. The van der Waals surface area contributed by atoms with E-state index < -0.39 is 0 Å². The summed E-state index contributed by atoms with van der Waals surface area (Å²) in [5, 5.41) is 0. The normalized spacial score (nSPS) is 10.8. The van der Waals surface area contributed by atoms with Gasteiger partial charge in [0.2, 0.25) is 0 Å². The molecule has 0 saturated carbocycles. The average molecular weight is 224 g/mol. The van der Waals surface area contributed by atoms with E-state index in [-0.39, 0.29) is 0 Å². The number of rotatable bonds is 3. The molecule has 0 unspecified atom stereocenters. The lowest BCUT2D eigenvalue weighted by atomic mass is 9.92. The molecule has 0 heterocycles. The second-order valence-corrected chi connectivity index (χ2v) is 5.05. The molecular formula is C17H20. The Morgan fingerprint density at radius 1 is 0.882 bits per heavy atom. The van der Waals surface area contributed by atoms with Crippen LogP contribution in [0.1, 0.15) is 25.0 Å². The monoisotopic (exact) mass is 224 g/mol. The Hall–Kier alpha value is -1.56. The minimum absolute atomic E-state index is 0.708. The van der Waals surface area contributed by atoms with Crippen LogP contribution in [-0.4, -0.2) is 0 Å². The number of hydrogen-bond donors (Lipinski definition) is 0. The van der Waals surface area contributed by atoms with E-state index in [1.807, 2.05) is 0 Å². The maximum Gasteiger partial charge on any atom is -0.0152 e. The molecule has 0 fully saturated rings. The summed E-state index contributed by atoms with van der Waals surface area (Å²) in [6.07, 6.45) is 1.16. The molecule has 0 heteroatoms. The molecule has 0 amide bonds. The van der Waals surface area contributed by atoms with Gasteiger partial charge in [0.1, 0.15) is 0 Å². The van der Waals surface area contributed by atoms with E-state index in [0.29, 0.717) is 5.92 Å². The van der Waals surface area contributed by atoms with E-state index in [4.69, 9.17) is 0 Å². The zero-order chi connectivity index (χ0) is 12.3. The second kappa shape index (κ2) is 5.18. The molecular weight excluding hydrogens is 204 g/mol. The second-order valence-electron chi connectivity index (χ2n) is 5.05. The van der Waals surface area contributed by atoms with Crippen molar-refractivity contribution >= 4 is 0 Å². The van der Waals surface area contributed by atoms with Crippen LogP contribution in [0.5, 0.6) is 0 Å². The van der Waals surface area contributed by atoms with Gasteiger partial charge in [0.25, 0.3) is 0 Å². The molecule has 2 aromatic rings. The van der Waals surface area contributed by atoms with Gasteiger partial charge in [-0.25, -0.2) is 0 Å².